The fourth-order valence-electron chi connectivity index (χ4n) is 3.84. The monoisotopic (exact) mass is 366 g/mol. The van der Waals surface area contributed by atoms with Crippen LogP contribution in [0.2, 0.25) is 0 Å². The molecule has 0 saturated carbocycles. The Kier molecular flexibility index (Phi) is 5.50. The van der Waals surface area contributed by atoms with Gasteiger partial charge in [-0.1, -0.05) is 67.6 Å². The average molecular weight is 367 g/mol. The fourth-order valence-corrected chi connectivity index (χ4v) is 3.84. The predicted molar refractivity (Wildman–Crippen MR) is 118 cm³/mol. The number of nitrogens with zero attached hydrogens (tertiary/aromatic N) is 1. The molecule has 4 aromatic rings. The van der Waals surface area contributed by atoms with Crippen molar-refractivity contribution in [1.82, 2.24) is 10.3 Å². The lowest BCUT2D eigenvalue weighted by Crippen LogP contribution is -2.18. The van der Waals surface area contributed by atoms with E-state index in [4.69, 9.17) is 0 Å². The lowest BCUT2D eigenvalue weighted by Gasteiger charge is -2.18. The van der Waals surface area contributed by atoms with Crippen LogP contribution < -0.4 is 5.32 Å². The number of pyridine rings is 1. The molecule has 0 aliphatic rings. The van der Waals surface area contributed by atoms with E-state index < -0.39 is 0 Å². The third-order valence-corrected chi connectivity index (χ3v) is 5.43. The number of nitrogens with one attached hydrogen (secondary N) is 1. The summed E-state index contributed by atoms with van der Waals surface area (Å²) >= 11 is 0. The minimum Gasteiger partial charge on any atom is -0.306 e. The molecule has 0 amide bonds. The molecule has 140 valence electrons. The van der Waals surface area contributed by atoms with Crippen molar-refractivity contribution in [1.29, 1.82) is 0 Å². The van der Waals surface area contributed by atoms with E-state index in [-0.39, 0.29) is 6.04 Å². The van der Waals surface area contributed by atoms with Crippen molar-refractivity contribution in [3.63, 3.8) is 0 Å². The predicted octanol–water partition coefficient (Wildman–Crippen LogP) is 6.32. The highest BCUT2D eigenvalue weighted by Gasteiger charge is 2.10. The molecular weight excluding hydrogens is 340 g/mol. The average Bonchev–Trinajstić information content (AvgIpc) is 2.77. The van der Waals surface area contributed by atoms with Crippen molar-refractivity contribution in [2.24, 2.45) is 0 Å². The molecule has 0 bridgehead atoms. The Morgan fingerprint density at radius 3 is 2.61 bits per heavy atom. The van der Waals surface area contributed by atoms with Gasteiger partial charge in [-0.3, -0.25) is 4.98 Å². The molecule has 1 heterocycles. The van der Waals surface area contributed by atoms with E-state index in [1.165, 1.54) is 38.6 Å². The molecule has 1 N–H and O–H groups in total. The van der Waals surface area contributed by atoms with E-state index in [1.54, 1.807) is 0 Å². The lowest BCUT2D eigenvalue weighted by molar-refractivity contribution is 0.578. The van der Waals surface area contributed by atoms with Crippen molar-refractivity contribution in [3.8, 4) is 11.1 Å². The lowest BCUT2D eigenvalue weighted by atomic mass is 9.96. The van der Waals surface area contributed by atoms with Gasteiger partial charge in [0.05, 0.1) is 0 Å². The van der Waals surface area contributed by atoms with Crippen LogP contribution in [0.5, 0.6) is 0 Å². The maximum atomic E-state index is 4.29. The number of fused-ring (bicyclic) bond motifs is 1. The van der Waals surface area contributed by atoms with Crippen LogP contribution in [0.15, 0.2) is 85.2 Å². The van der Waals surface area contributed by atoms with Crippen LogP contribution in [0.4, 0.5) is 0 Å². The Morgan fingerprint density at radius 1 is 0.929 bits per heavy atom. The molecule has 3 aromatic carbocycles. The fraction of sp³-hybridized carbons (Fsp3) is 0.192. The molecule has 0 saturated heterocycles. The van der Waals surface area contributed by atoms with E-state index in [9.17, 15) is 0 Å². The number of benzene rings is 3. The number of hydrogen-bond acceptors (Lipinski definition) is 2. The maximum Gasteiger partial charge on any atom is 0.0346 e. The summed E-state index contributed by atoms with van der Waals surface area (Å²) in [6.45, 7) is 5.28. The smallest absolute Gasteiger partial charge is 0.0346 e. The van der Waals surface area contributed by atoms with Crippen LogP contribution in [0.25, 0.3) is 21.9 Å². The Morgan fingerprint density at radius 2 is 1.79 bits per heavy atom. The van der Waals surface area contributed by atoms with Crippen molar-refractivity contribution >= 4 is 10.8 Å². The SMILES string of the molecule is CCc1ccc(CN[C@H](C)c2cccc3ccccc23)cc1-c1cccnc1. The highest BCUT2D eigenvalue weighted by atomic mass is 14.9. The molecule has 1 aromatic heterocycles. The first-order chi connectivity index (χ1) is 13.8. The minimum absolute atomic E-state index is 0.277. The molecule has 0 radical (unpaired) electrons. The minimum atomic E-state index is 0.277. The van der Waals surface area contributed by atoms with E-state index in [2.05, 4.69) is 90.9 Å². The summed E-state index contributed by atoms with van der Waals surface area (Å²) in [6.07, 6.45) is 4.79. The molecule has 0 unspecified atom stereocenters. The highest BCUT2D eigenvalue weighted by molar-refractivity contribution is 5.86. The highest BCUT2D eigenvalue weighted by Crippen LogP contribution is 2.27. The second-order valence-electron chi connectivity index (χ2n) is 7.26. The Balaban J connectivity index is 1.56. The van der Waals surface area contributed by atoms with Crippen LogP contribution in [0, 0.1) is 0 Å². The van der Waals surface area contributed by atoms with Crippen molar-refractivity contribution in [2.75, 3.05) is 0 Å². The normalized spacial score (nSPS) is 12.2. The van der Waals surface area contributed by atoms with E-state index in [0.717, 1.165) is 13.0 Å². The van der Waals surface area contributed by atoms with Gasteiger partial charge in [-0.2, -0.15) is 0 Å². The Labute approximate surface area is 167 Å². The molecular formula is C26H26N2. The second-order valence-corrected chi connectivity index (χ2v) is 7.26. The summed E-state index contributed by atoms with van der Waals surface area (Å²) in [4.78, 5) is 4.29. The molecule has 2 nitrogen and oxygen atoms in total. The summed E-state index contributed by atoms with van der Waals surface area (Å²) in [5, 5.41) is 6.32. The Hall–Kier alpha value is -2.97. The van der Waals surface area contributed by atoms with Gasteiger partial charge < -0.3 is 5.32 Å². The van der Waals surface area contributed by atoms with Crippen molar-refractivity contribution < 1.29 is 0 Å². The molecule has 28 heavy (non-hydrogen) atoms. The summed E-state index contributed by atoms with van der Waals surface area (Å²) in [5.41, 5.74) is 6.47. The van der Waals surface area contributed by atoms with Crippen LogP contribution in [0.3, 0.4) is 0 Å². The van der Waals surface area contributed by atoms with Gasteiger partial charge >= 0.3 is 0 Å². The zero-order valence-electron chi connectivity index (χ0n) is 16.5. The number of rotatable bonds is 6. The molecule has 2 heteroatoms. The first-order valence-corrected chi connectivity index (χ1v) is 9.99. The molecule has 1 atom stereocenters. The number of aryl methyl sites for hydroxylation is 1. The molecule has 0 aliphatic carbocycles. The van der Waals surface area contributed by atoms with Crippen LogP contribution in [0.1, 0.15) is 36.6 Å². The van der Waals surface area contributed by atoms with Gasteiger partial charge in [0.15, 0.2) is 0 Å². The van der Waals surface area contributed by atoms with E-state index in [0.29, 0.717) is 0 Å². The van der Waals surface area contributed by atoms with Crippen LogP contribution in [-0.2, 0) is 13.0 Å². The maximum absolute atomic E-state index is 4.29. The molecule has 0 aliphatic heterocycles. The zero-order valence-corrected chi connectivity index (χ0v) is 16.5. The third kappa shape index (κ3) is 3.83. The van der Waals surface area contributed by atoms with Crippen LogP contribution in [-0.4, -0.2) is 4.98 Å². The Bertz CT molecular complexity index is 1060. The standard InChI is InChI=1S/C26H26N2/c1-3-21-14-13-20(16-26(21)23-10-7-15-27-18-23)17-28-19(2)24-12-6-9-22-8-4-5-11-25(22)24/h4-16,18-19,28H,3,17H2,1-2H3/t19-/m1/s1. The van der Waals surface area contributed by atoms with Gasteiger partial charge in [-0.15, -0.1) is 0 Å². The van der Waals surface area contributed by atoms with Gasteiger partial charge in [0, 0.05) is 30.5 Å². The topological polar surface area (TPSA) is 24.9 Å². The number of aromatic nitrogens is 1. The summed E-state index contributed by atoms with van der Waals surface area (Å²) < 4.78 is 0. The van der Waals surface area contributed by atoms with Gasteiger partial charge in [0.1, 0.15) is 0 Å². The first-order valence-electron chi connectivity index (χ1n) is 9.99. The third-order valence-electron chi connectivity index (χ3n) is 5.43. The van der Waals surface area contributed by atoms with Gasteiger partial charge in [-0.25, -0.2) is 0 Å². The summed E-state index contributed by atoms with van der Waals surface area (Å²) in [7, 11) is 0. The number of hydrogen-bond donors (Lipinski definition) is 1. The molecule has 4 rings (SSSR count). The van der Waals surface area contributed by atoms with Gasteiger partial charge in [0.2, 0.25) is 0 Å². The summed E-state index contributed by atoms with van der Waals surface area (Å²) in [5.74, 6) is 0. The van der Waals surface area contributed by atoms with Crippen LogP contribution >= 0.6 is 0 Å². The largest absolute Gasteiger partial charge is 0.306 e. The van der Waals surface area contributed by atoms with Crippen molar-refractivity contribution in [3.05, 3.63) is 102 Å². The second kappa shape index (κ2) is 8.37. The zero-order chi connectivity index (χ0) is 19.3. The van der Waals surface area contributed by atoms with E-state index >= 15 is 0 Å². The molecule has 0 fully saturated rings. The summed E-state index contributed by atoms with van der Waals surface area (Å²) in [6, 6.07) is 26.3. The van der Waals surface area contributed by atoms with Gasteiger partial charge in [-0.05, 0) is 58.5 Å². The quantitative estimate of drug-likeness (QED) is 0.432. The molecule has 0 spiro atoms. The van der Waals surface area contributed by atoms with Crippen molar-refractivity contribution in [2.45, 2.75) is 32.9 Å². The van der Waals surface area contributed by atoms with E-state index in [1.807, 2.05) is 18.5 Å². The van der Waals surface area contributed by atoms with Gasteiger partial charge in [0.25, 0.3) is 0 Å². The first kappa shape index (κ1) is 18.4.